The van der Waals surface area contributed by atoms with Gasteiger partial charge in [0, 0.05) is 31.4 Å². The summed E-state index contributed by atoms with van der Waals surface area (Å²) in [6.07, 6.45) is 3.32. The summed E-state index contributed by atoms with van der Waals surface area (Å²) in [7, 11) is 0. The minimum atomic E-state index is -0.151. The first-order valence-electron chi connectivity index (χ1n) is 6.36. The molecule has 1 saturated heterocycles. The molecule has 19 heavy (non-hydrogen) atoms. The zero-order valence-corrected chi connectivity index (χ0v) is 10.8. The lowest BCUT2D eigenvalue weighted by molar-refractivity contribution is 0.0322. The lowest BCUT2D eigenvalue weighted by atomic mass is 10.3. The second-order valence-electron chi connectivity index (χ2n) is 4.17. The quantitative estimate of drug-likeness (QED) is 0.782. The lowest BCUT2D eigenvalue weighted by Gasteiger charge is -2.26. The fraction of sp³-hybridized carbons (Fsp3) is 0.500. The van der Waals surface area contributed by atoms with Crippen LogP contribution in [0.5, 0.6) is 5.75 Å². The molecule has 5 heteroatoms. The zero-order chi connectivity index (χ0) is 13.3. The normalized spacial score (nSPS) is 15.6. The molecular formula is C14H18N2O3. The molecule has 0 spiro atoms. The van der Waals surface area contributed by atoms with E-state index in [9.17, 15) is 0 Å². The molecule has 0 amide bonds. The highest BCUT2D eigenvalue weighted by molar-refractivity contribution is 5.36. The molecule has 1 aromatic rings. The second-order valence-corrected chi connectivity index (χ2v) is 4.17. The molecule has 2 rings (SSSR count). The van der Waals surface area contributed by atoms with Gasteiger partial charge in [-0.15, -0.1) is 0 Å². The third-order valence-corrected chi connectivity index (χ3v) is 2.80. The van der Waals surface area contributed by atoms with Crippen LogP contribution in [0.25, 0.3) is 0 Å². The van der Waals surface area contributed by atoms with E-state index in [1.165, 1.54) is 0 Å². The van der Waals surface area contributed by atoms with Crippen LogP contribution < -0.4 is 4.74 Å². The highest BCUT2D eigenvalue weighted by Crippen LogP contribution is 2.10. The van der Waals surface area contributed by atoms with Crippen LogP contribution >= 0.6 is 0 Å². The molecule has 102 valence electrons. The summed E-state index contributed by atoms with van der Waals surface area (Å²) in [5, 5.41) is 8.64. The van der Waals surface area contributed by atoms with Gasteiger partial charge in [-0.1, -0.05) is 11.8 Å². The number of hydrogen-bond donors (Lipinski definition) is 1. The van der Waals surface area contributed by atoms with E-state index in [2.05, 4.69) is 21.7 Å². The summed E-state index contributed by atoms with van der Waals surface area (Å²) in [6.45, 7) is 4.88. The average molecular weight is 262 g/mol. The Balaban J connectivity index is 1.78. The maximum absolute atomic E-state index is 8.64. The number of hydrogen-bond acceptors (Lipinski definition) is 5. The van der Waals surface area contributed by atoms with Crippen molar-refractivity contribution in [2.24, 2.45) is 0 Å². The van der Waals surface area contributed by atoms with Crippen molar-refractivity contribution in [3.63, 3.8) is 0 Å². The van der Waals surface area contributed by atoms with E-state index in [0.29, 0.717) is 12.4 Å². The van der Waals surface area contributed by atoms with Crippen LogP contribution in [-0.2, 0) is 4.74 Å². The first-order chi connectivity index (χ1) is 9.38. The van der Waals surface area contributed by atoms with Gasteiger partial charge < -0.3 is 14.6 Å². The van der Waals surface area contributed by atoms with Crippen molar-refractivity contribution < 1.29 is 14.6 Å². The molecule has 0 bridgehead atoms. The zero-order valence-electron chi connectivity index (χ0n) is 10.8. The van der Waals surface area contributed by atoms with Crippen molar-refractivity contribution >= 4 is 0 Å². The maximum atomic E-state index is 8.64. The van der Waals surface area contributed by atoms with Crippen molar-refractivity contribution in [3.8, 4) is 17.6 Å². The summed E-state index contributed by atoms with van der Waals surface area (Å²) in [6, 6.07) is 1.83. The van der Waals surface area contributed by atoms with E-state index >= 15 is 0 Å². The van der Waals surface area contributed by atoms with E-state index in [-0.39, 0.29) is 6.61 Å². The molecular weight excluding hydrogens is 244 g/mol. The summed E-state index contributed by atoms with van der Waals surface area (Å²) >= 11 is 0. The number of aliphatic hydroxyl groups excluding tert-OH is 1. The topological polar surface area (TPSA) is 54.8 Å². The average Bonchev–Trinajstić information content (AvgIpc) is 2.47. The monoisotopic (exact) mass is 262 g/mol. The van der Waals surface area contributed by atoms with Gasteiger partial charge in [-0.3, -0.25) is 9.88 Å². The van der Waals surface area contributed by atoms with Crippen molar-refractivity contribution in [1.82, 2.24) is 9.88 Å². The SMILES string of the molecule is OCC#Cc1cncc(OCCN2CCOCC2)c1. The van der Waals surface area contributed by atoms with Crippen LogP contribution in [0.3, 0.4) is 0 Å². The molecule has 1 fully saturated rings. The smallest absolute Gasteiger partial charge is 0.138 e. The Morgan fingerprint density at radius 1 is 1.37 bits per heavy atom. The molecule has 1 aliphatic rings. The van der Waals surface area contributed by atoms with E-state index in [0.717, 1.165) is 38.4 Å². The van der Waals surface area contributed by atoms with E-state index in [1.54, 1.807) is 12.4 Å². The Morgan fingerprint density at radius 3 is 3.00 bits per heavy atom. The Labute approximate surface area is 113 Å². The van der Waals surface area contributed by atoms with Crippen molar-refractivity contribution in [1.29, 1.82) is 0 Å². The molecule has 1 aromatic heterocycles. The van der Waals surface area contributed by atoms with Crippen LogP contribution in [0.2, 0.25) is 0 Å². The summed E-state index contributed by atoms with van der Waals surface area (Å²) in [4.78, 5) is 6.37. The fourth-order valence-electron chi connectivity index (χ4n) is 1.83. The predicted octanol–water partition coefficient (Wildman–Crippen LogP) is 0.136. The van der Waals surface area contributed by atoms with Crippen molar-refractivity contribution in [2.75, 3.05) is 46.1 Å². The second kappa shape index (κ2) is 7.74. The van der Waals surface area contributed by atoms with Crippen molar-refractivity contribution in [3.05, 3.63) is 24.0 Å². The molecule has 1 N–H and O–H groups in total. The predicted molar refractivity (Wildman–Crippen MR) is 71.0 cm³/mol. The van der Waals surface area contributed by atoms with Crippen LogP contribution in [0, 0.1) is 11.8 Å². The molecule has 2 heterocycles. The van der Waals surface area contributed by atoms with Gasteiger partial charge >= 0.3 is 0 Å². The van der Waals surface area contributed by atoms with E-state index in [4.69, 9.17) is 14.6 Å². The Hall–Kier alpha value is -1.61. The van der Waals surface area contributed by atoms with Gasteiger partial charge in [-0.05, 0) is 6.07 Å². The van der Waals surface area contributed by atoms with E-state index in [1.807, 2.05) is 6.07 Å². The van der Waals surface area contributed by atoms with Crippen LogP contribution in [0.15, 0.2) is 18.5 Å². The number of ether oxygens (including phenoxy) is 2. The van der Waals surface area contributed by atoms with Gasteiger partial charge in [-0.25, -0.2) is 0 Å². The van der Waals surface area contributed by atoms with Gasteiger partial charge in [0.05, 0.1) is 19.4 Å². The van der Waals surface area contributed by atoms with Gasteiger partial charge in [0.1, 0.15) is 19.0 Å². The van der Waals surface area contributed by atoms with Crippen molar-refractivity contribution in [2.45, 2.75) is 0 Å². The number of nitrogens with zero attached hydrogens (tertiary/aromatic N) is 2. The number of aliphatic hydroxyl groups is 1. The summed E-state index contributed by atoms with van der Waals surface area (Å²) < 4.78 is 10.9. The highest BCUT2D eigenvalue weighted by Gasteiger charge is 2.09. The lowest BCUT2D eigenvalue weighted by Crippen LogP contribution is -2.38. The Kier molecular flexibility index (Phi) is 5.63. The molecule has 0 atom stereocenters. The Morgan fingerprint density at radius 2 is 2.21 bits per heavy atom. The third-order valence-electron chi connectivity index (χ3n) is 2.80. The van der Waals surface area contributed by atoms with Gasteiger partial charge in [0.2, 0.25) is 0 Å². The number of rotatable bonds is 4. The van der Waals surface area contributed by atoms with Gasteiger partial charge in [-0.2, -0.15) is 0 Å². The highest BCUT2D eigenvalue weighted by atomic mass is 16.5. The number of morpholine rings is 1. The standard InChI is InChI=1S/C14H18N2O3/c17-6-1-2-13-10-14(12-15-11-13)19-9-5-16-3-7-18-8-4-16/h10-12,17H,3-9H2. The third kappa shape index (κ3) is 4.87. The molecule has 0 radical (unpaired) electrons. The summed E-state index contributed by atoms with van der Waals surface area (Å²) in [5.41, 5.74) is 0.748. The molecule has 0 unspecified atom stereocenters. The number of pyridine rings is 1. The maximum Gasteiger partial charge on any atom is 0.138 e. The fourth-order valence-corrected chi connectivity index (χ4v) is 1.83. The molecule has 0 aliphatic carbocycles. The summed E-state index contributed by atoms with van der Waals surface area (Å²) in [5.74, 6) is 6.10. The first kappa shape index (κ1) is 13.8. The largest absolute Gasteiger partial charge is 0.491 e. The molecule has 5 nitrogen and oxygen atoms in total. The molecule has 0 saturated carbocycles. The molecule has 1 aliphatic heterocycles. The van der Waals surface area contributed by atoms with E-state index < -0.39 is 0 Å². The van der Waals surface area contributed by atoms with Gasteiger partial charge in [0.15, 0.2) is 0 Å². The van der Waals surface area contributed by atoms with Crippen LogP contribution in [0.4, 0.5) is 0 Å². The number of aromatic nitrogens is 1. The molecule has 0 aromatic carbocycles. The minimum Gasteiger partial charge on any atom is -0.491 e. The first-order valence-corrected chi connectivity index (χ1v) is 6.36. The Bertz CT molecular complexity index is 447. The van der Waals surface area contributed by atoms with Crippen LogP contribution in [-0.4, -0.2) is 61.1 Å². The minimum absolute atomic E-state index is 0.151. The van der Waals surface area contributed by atoms with Crippen LogP contribution in [0.1, 0.15) is 5.56 Å². The van der Waals surface area contributed by atoms with Gasteiger partial charge in [0.25, 0.3) is 0 Å².